The first kappa shape index (κ1) is 8.85. The summed E-state index contributed by atoms with van der Waals surface area (Å²) < 4.78 is 5.36. The standard InChI is InChI=1S/C9H15N3O/c1-5-6-4-7(13-3)9(2,8(5)6)11-12-10/h5-8H,4H2,1-3H3. The Balaban J connectivity index is 2.26. The second kappa shape index (κ2) is 2.63. The molecule has 0 aliphatic heterocycles. The van der Waals surface area contributed by atoms with E-state index in [2.05, 4.69) is 16.9 Å². The second-order valence-corrected chi connectivity index (χ2v) is 4.42. The quantitative estimate of drug-likeness (QED) is 0.366. The van der Waals surface area contributed by atoms with Crippen LogP contribution in [0.25, 0.3) is 10.4 Å². The topological polar surface area (TPSA) is 58.0 Å². The van der Waals surface area contributed by atoms with Crippen molar-refractivity contribution in [1.82, 2.24) is 0 Å². The molecular weight excluding hydrogens is 166 g/mol. The first-order valence-electron chi connectivity index (χ1n) is 4.74. The zero-order valence-electron chi connectivity index (χ0n) is 8.27. The SMILES string of the molecule is COC1CC2C(C)C2C1(C)N=[N+]=[N-]. The molecule has 2 saturated carbocycles. The summed E-state index contributed by atoms with van der Waals surface area (Å²) in [5.41, 5.74) is 8.23. The average Bonchev–Trinajstić information content (AvgIpc) is 2.61. The first-order valence-corrected chi connectivity index (χ1v) is 4.74. The monoisotopic (exact) mass is 181 g/mol. The molecule has 0 heterocycles. The van der Waals surface area contributed by atoms with Crippen molar-refractivity contribution in [2.24, 2.45) is 22.9 Å². The maximum absolute atomic E-state index is 8.53. The van der Waals surface area contributed by atoms with Gasteiger partial charge >= 0.3 is 0 Å². The van der Waals surface area contributed by atoms with Gasteiger partial charge in [0.1, 0.15) is 0 Å². The Labute approximate surface area is 77.9 Å². The molecule has 72 valence electrons. The van der Waals surface area contributed by atoms with E-state index in [-0.39, 0.29) is 11.6 Å². The van der Waals surface area contributed by atoms with Gasteiger partial charge in [0.25, 0.3) is 0 Å². The number of azide groups is 1. The van der Waals surface area contributed by atoms with Crippen LogP contribution in [0.2, 0.25) is 0 Å². The molecular formula is C9H15N3O. The van der Waals surface area contributed by atoms with E-state index in [4.69, 9.17) is 10.3 Å². The summed E-state index contributed by atoms with van der Waals surface area (Å²) in [6, 6.07) is 0. The van der Waals surface area contributed by atoms with E-state index in [9.17, 15) is 0 Å². The lowest BCUT2D eigenvalue weighted by molar-refractivity contribution is 0.0429. The molecule has 0 saturated heterocycles. The fourth-order valence-electron chi connectivity index (χ4n) is 3.14. The van der Waals surface area contributed by atoms with Crippen LogP contribution in [0.3, 0.4) is 0 Å². The Morgan fingerprint density at radius 1 is 1.62 bits per heavy atom. The third-order valence-corrected chi connectivity index (χ3v) is 3.92. The van der Waals surface area contributed by atoms with Crippen molar-refractivity contribution in [2.45, 2.75) is 31.9 Å². The fourth-order valence-corrected chi connectivity index (χ4v) is 3.14. The van der Waals surface area contributed by atoms with E-state index in [1.807, 2.05) is 6.92 Å². The molecule has 5 atom stereocenters. The lowest BCUT2D eigenvalue weighted by atomic mass is 9.91. The summed E-state index contributed by atoms with van der Waals surface area (Å²) in [6.07, 6.45) is 1.17. The normalized spacial score (nSPS) is 52.5. The van der Waals surface area contributed by atoms with Gasteiger partial charge in [-0.15, -0.1) is 0 Å². The smallest absolute Gasteiger partial charge is 0.0754 e. The molecule has 2 aliphatic rings. The van der Waals surface area contributed by atoms with Crippen molar-refractivity contribution < 1.29 is 4.74 Å². The summed E-state index contributed by atoms with van der Waals surface area (Å²) in [7, 11) is 1.70. The van der Waals surface area contributed by atoms with Crippen LogP contribution in [0, 0.1) is 17.8 Å². The van der Waals surface area contributed by atoms with Crippen molar-refractivity contribution in [3.63, 3.8) is 0 Å². The minimum atomic E-state index is -0.298. The Bertz CT molecular complexity index is 270. The van der Waals surface area contributed by atoms with Crippen molar-refractivity contribution in [1.29, 1.82) is 0 Å². The van der Waals surface area contributed by atoms with E-state index >= 15 is 0 Å². The van der Waals surface area contributed by atoms with Crippen LogP contribution in [0.5, 0.6) is 0 Å². The Morgan fingerprint density at radius 3 is 2.85 bits per heavy atom. The molecule has 0 spiro atoms. The number of fused-ring (bicyclic) bond motifs is 1. The lowest BCUT2D eigenvalue weighted by Crippen LogP contribution is -2.37. The molecule has 0 amide bonds. The highest BCUT2D eigenvalue weighted by Gasteiger charge is 2.65. The first-order chi connectivity index (χ1) is 6.15. The van der Waals surface area contributed by atoms with Gasteiger partial charge in [0.05, 0.1) is 11.6 Å². The Morgan fingerprint density at radius 2 is 2.31 bits per heavy atom. The maximum atomic E-state index is 8.53. The molecule has 0 aromatic carbocycles. The van der Waals surface area contributed by atoms with Gasteiger partial charge in [-0.25, -0.2) is 0 Å². The van der Waals surface area contributed by atoms with Gasteiger partial charge in [-0.05, 0) is 29.7 Å². The number of hydrogen-bond acceptors (Lipinski definition) is 2. The number of rotatable bonds is 2. The maximum Gasteiger partial charge on any atom is 0.0754 e. The molecule has 5 unspecified atom stereocenters. The molecule has 0 radical (unpaired) electrons. The zero-order valence-corrected chi connectivity index (χ0v) is 8.27. The van der Waals surface area contributed by atoms with Crippen LogP contribution >= 0.6 is 0 Å². The minimum absolute atomic E-state index is 0.120. The predicted octanol–water partition coefficient (Wildman–Crippen LogP) is 2.36. The number of ether oxygens (including phenoxy) is 1. The van der Waals surface area contributed by atoms with Crippen LogP contribution in [0.4, 0.5) is 0 Å². The number of hydrogen-bond donors (Lipinski definition) is 0. The highest BCUT2D eigenvalue weighted by molar-refractivity contribution is 5.18. The van der Waals surface area contributed by atoms with Gasteiger partial charge in [-0.3, -0.25) is 0 Å². The third kappa shape index (κ3) is 0.990. The summed E-state index contributed by atoms with van der Waals surface area (Å²) >= 11 is 0. The van der Waals surface area contributed by atoms with Gasteiger partial charge in [0.2, 0.25) is 0 Å². The van der Waals surface area contributed by atoms with Crippen LogP contribution in [0.15, 0.2) is 5.11 Å². The summed E-state index contributed by atoms with van der Waals surface area (Å²) in [5, 5.41) is 3.94. The van der Waals surface area contributed by atoms with Crippen molar-refractivity contribution in [3.05, 3.63) is 10.4 Å². The molecule has 13 heavy (non-hydrogen) atoms. The molecule has 0 N–H and O–H groups in total. The van der Waals surface area contributed by atoms with Crippen LogP contribution in [-0.2, 0) is 4.74 Å². The van der Waals surface area contributed by atoms with Crippen molar-refractivity contribution in [2.75, 3.05) is 7.11 Å². The van der Waals surface area contributed by atoms with Gasteiger partial charge in [0, 0.05) is 12.0 Å². The van der Waals surface area contributed by atoms with E-state index in [0.29, 0.717) is 11.8 Å². The summed E-state index contributed by atoms with van der Waals surface area (Å²) in [4.78, 5) is 2.94. The minimum Gasteiger partial charge on any atom is -0.381 e. The van der Waals surface area contributed by atoms with Crippen LogP contribution < -0.4 is 0 Å². The van der Waals surface area contributed by atoms with Gasteiger partial charge in [-0.2, -0.15) is 0 Å². The molecule has 2 rings (SSSR count). The molecule has 0 bridgehead atoms. The molecule has 0 aromatic rings. The molecule has 4 heteroatoms. The highest BCUT2D eigenvalue weighted by atomic mass is 16.5. The molecule has 2 aliphatic carbocycles. The van der Waals surface area contributed by atoms with Crippen LogP contribution in [-0.4, -0.2) is 18.8 Å². The van der Waals surface area contributed by atoms with E-state index in [0.717, 1.165) is 12.3 Å². The number of nitrogens with zero attached hydrogens (tertiary/aromatic N) is 3. The number of methoxy groups -OCH3 is 1. The van der Waals surface area contributed by atoms with E-state index in [1.165, 1.54) is 0 Å². The largest absolute Gasteiger partial charge is 0.381 e. The summed E-state index contributed by atoms with van der Waals surface area (Å²) in [5.74, 6) is 1.98. The fraction of sp³-hybridized carbons (Fsp3) is 1.00. The second-order valence-electron chi connectivity index (χ2n) is 4.42. The Kier molecular flexibility index (Phi) is 1.79. The van der Waals surface area contributed by atoms with Gasteiger partial charge in [0.15, 0.2) is 0 Å². The highest BCUT2D eigenvalue weighted by Crippen LogP contribution is 2.63. The Hall–Kier alpha value is -0.730. The molecule has 2 fully saturated rings. The van der Waals surface area contributed by atoms with Crippen LogP contribution in [0.1, 0.15) is 20.3 Å². The van der Waals surface area contributed by atoms with E-state index < -0.39 is 0 Å². The average molecular weight is 181 g/mol. The zero-order chi connectivity index (χ0) is 9.64. The van der Waals surface area contributed by atoms with Gasteiger partial charge in [-0.1, -0.05) is 19.0 Å². The third-order valence-electron chi connectivity index (χ3n) is 3.92. The van der Waals surface area contributed by atoms with Gasteiger partial charge < -0.3 is 4.74 Å². The van der Waals surface area contributed by atoms with E-state index in [1.54, 1.807) is 7.11 Å². The molecule has 4 nitrogen and oxygen atoms in total. The summed E-state index contributed by atoms with van der Waals surface area (Å²) in [6.45, 7) is 4.25. The van der Waals surface area contributed by atoms with Crippen molar-refractivity contribution in [3.8, 4) is 0 Å². The molecule has 0 aromatic heterocycles. The lowest BCUT2D eigenvalue weighted by Gasteiger charge is -2.29. The van der Waals surface area contributed by atoms with Crippen molar-refractivity contribution >= 4 is 0 Å². The predicted molar refractivity (Wildman–Crippen MR) is 49.1 cm³/mol.